The van der Waals surface area contributed by atoms with E-state index in [0.29, 0.717) is 5.82 Å². The van der Waals surface area contributed by atoms with Crippen molar-refractivity contribution in [3.05, 3.63) is 35.2 Å². The number of aryl methyl sites for hydroxylation is 3. The van der Waals surface area contributed by atoms with Crippen LogP contribution in [-0.2, 0) is 23.6 Å². The molecule has 7 nitrogen and oxygen atoms in total. The van der Waals surface area contributed by atoms with Crippen LogP contribution >= 0.6 is 0 Å². The number of tetrazole rings is 1. The number of aromatic nitrogens is 4. The Hall–Kier alpha value is -1.80. The molecule has 0 spiro atoms. The maximum atomic E-state index is 12.1. The Morgan fingerprint density at radius 3 is 2.58 bits per heavy atom. The smallest absolute Gasteiger partial charge is 0.207 e. The van der Waals surface area contributed by atoms with Gasteiger partial charge in [-0.05, 0) is 42.3 Å². The average Bonchev–Trinajstić information content (AvgIpc) is 2.76. The number of hydrogen-bond donors (Lipinski definition) is 1. The lowest BCUT2D eigenvalue weighted by molar-refractivity contribution is 0.578. The molecule has 1 N–H and O–H groups in total. The summed E-state index contributed by atoms with van der Waals surface area (Å²) in [5.41, 5.74) is 1.98. The number of nitrogens with zero attached hydrogens (tertiary/aromatic N) is 4. The van der Waals surface area contributed by atoms with Gasteiger partial charge in [0.25, 0.3) is 0 Å². The highest BCUT2D eigenvalue weighted by Crippen LogP contribution is 2.14. The minimum Gasteiger partial charge on any atom is -0.207 e. The van der Waals surface area contributed by atoms with E-state index >= 15 is 0 Å². The molecule has 0 amide bonds. The van der Waals surface area contributed by atoms with Crippen molar-refractivity contribution < 1.29 is 8.42 Å². The van der Waals surface area contributed by atoms with E-state index in [0.717, 1.165) is 11.1 Å². The van der Waals surface area contributed by atoms with Crippen molar-refractivity contribution in [2.75, 3.05) is 0 Å². The fourth-order valence-electron chi connectivity index (χ4n) is 1.52. The normalized spacial score (nSPS) is 11.7. The van der Waals surface area contributed by atoms with E-state index in [4.69, 9.17) is 0 Å². The zero-order valence-electron chi connectivity index (χ0n) is 11.0. The van der Waals surface area contributed by atoms with Crippen molar-refractivity contribution in [3.8, 4) is 0 Å². The first-order valence-corrected chi connectivity index (χ1v) is 7.16. The zero-order valence-corrected chi connectivity index (χ0v) is 11.8. The van der Waals surface area contributed by atoms with Crippen LogP contribution in [0.2, 0.25) is 0 Å². The molecule has 102 valence electrons. The summed E-state index contributed by atoms with van der Waals surface area (Å²) in [6, 6.07) is 5.00. The minimum atomic E-state index is -3.56. The predicted molar refractivity (Wildman–Crippen MR) is 68.7 cm³/mol. The second kappa shape index (κ2) is 5.06. The number of nitrogens with one attached hydrogen (secondary N) is 1. The summed E-state index contributed by atoms with van der Waals surface area (Å²) in [6.45, 7) is 3.82. The Morgan fingerprint density at radius 1 is 1.26 bits per heavy atom. The molecule has 0 radical (unpaired) electrons. The molecule has 0 saturated carbocycles. The number of sulfonamides is 1. The Balaban J connectivity index is 2.16. The fourth-order valence-corrected chi connectivity index (χ4v) is 2.58. The Bertz CT molecular complexity index is 693. The van der Waals surface area contributed by atoms with Crippen molar-refractivity contribution >= 4 is 10.0 Å². The third kappa shape index (κ3) is 3.15. The van der Waals surface area contributed by atoms with Crippen LogP contribution in [0.1, 0.15) is 17.0 Å². The molecule has 1 heterocycles. The summed E-state index contributed by atoms with van der Waals surface area (Å²) in [5.74, 6) is 0.329. The van der Waals surface area contributed by atoms with E-state index in [1.54, 1.807) is 25.2 Å². The van der Waals surface area contributed by atoms with Crippen molar-refractivity contribution in [1.82, 2.24) is 24.9 Å². The third-order valence-corrected chi connectivity index (χ3v) is 4.16. The molecule has 19 heavy (non-hydrogen) atoms. The van der Waals surface area contributed by atoms with E-state index < -0.39 is 10.0 Å². The second-order valence-corrected chi connectivity index (χ2v) is 6.03. The van der Waals surface area contributed by atoms with E-state index in [-0.39, 0.29) is 11.4 Å². The molecule has 1 aromatic heterocycles. The molecule has 0 bridgehead atoms. The molecule has 8 heteroatoms. The summed E-state index contributed by atoms with van der Waals surface area (Å²) < 4.78 is 26.6. The highest BCUT2D eigenvalue weighted by atomic mass is 32.2. The van der Waals surface area contributed by atoms with Gasteiger partial charge in [-0.2, -0.15) is 4.80 Å². The van der Waals surface area contributed by atoms with Gasteiger partial charge in [-0.15, -0.1) is 10.2 Å². The van der Waals surface area contributed by atoms with Gasteiger partial charge in [-0.3, -0.25) is 0 Å². The standard InChI is InChI=1S/C11H15N5O2S/c1-8-4-5-10(6-9(8)2)19(17,18)12-7-11-13-15-16(3)14-11/h4-6,12H,7H2,1-3H3. The van der Waals surface area contributed by atoms with Gasteiger partial charge in [0.1, 0.15) is 0 Å². The molecule has 2 aromatic rings. The number of benzene rings is 1. The zero-order chi connectivity index (χ0) is 14.0. The summed E-state index contributed by atoms with van der Waals surface area (Å²) in [5, 5.41) is 11.3. The quantitative estimate of drug-likeness (QED) is 0.871. The predicted octanol–water partition coefficient (Wildman–Crippen LogP) is 0.305. The van der Waals surface area contributed by atoms with Gasteiger partial charge in [0.2, 0.25) is 10.0 Å². The molecule has 0 fully saturated rings. The SMILES string of the molecule is Cc1ccc(S(=O)(=O)NCc2nnn(C)n2)cc1C. The van der Waals surface area contributed by atoms with Crippen molar-refractivity contribution in [3.63, 3.8) is 0 Å². The molecule has 1 aromatic carbocycles. The number of hydrogen-bond acceptors (Lipinski definition) is 5. The monoisotopic (exact) mass is 281 g/mol. The molecule has 2 rings (SSSR count). The third-order valence-electron chi connectivity index (χ3n) is 2.76. The van der Waals surface area contributed by atoms with Crippen molar-refractivity contribution in [2.45, 2.75) is 25.3 Å². The average molecular weight is 281 g/mol. The lowest BCUT2D eigenvalue weighted by atomic mass is 10.1. The summed E-state index contributed by atoms with van der Waals surface area (Å²) in [7, 11) is -1.94. The summed E-state index contributed by atoms with van der Waals surface area (Å²) in [6.07, 6.45) is 0. The first-order chi connectivity index (χ1) is 8.88. The van der Waals surface area contributed by atoms with E-state index in [1.165, 1.54) is 4.80 Å². The molecule has 0 unspecified atom stereocenters. The second-order valence-electron chi connectivity index (χ2n) is 4.27. The molecule has 0 aliphatic rings. The van der Waals surface area contributed by atoms with E-state index in [2.05, 4.69) is 20.1 Å². The van der Waals surface area contributed by atoms with Gasteiger partial charge < -0.3 is 0 Å². The van der Waals surface area contributed by atoms with Gasteiger partial charge in [0.15, 0.2) is 5.82 Å². The highest BCUT2D eigenvalue weighted by Gasteiger charge is 2.15. The van der Waals surface area contributed by atoms with Crippen LogP contribution in [0.15, 0.2) is 23.1 Å². The first kappa shape index (κ1) is 13.6. The van der Waals surface area contributed by atoms with E-state index in [9.17, 15) is 8.42 Å². The van der Waals surface area contributed by atoms with Crippen LogP contribution < -0.4 is 4.72 Å². The maximum absolute atomic E-state index is 12.1. The summed E-state index contributed by atoms with van der Waals surface area (Å²) >= 11 is 0. The Labute approximate surface area is 111 Å². The largest absolute Gasteiger partial charge is 0.240 e. The molecular weight excluding hydrogens is 266 g/mol. The Morgan fingerprint density at radius 2 is 2.00 bits per heavy atom. The van der Waals surface area contributed by atoms with Crippen LogP contribution in [0.5, 0.6) is 0 Å². The molecular formula is C11H15N5O2S. The van der Waals surface area contributed by atoms with Crippen LogP contribution in [0.3, 0.4) is 0 Å². The maximum Gasteiger partial charge on any atom is 0.240 e. The molecule has 0 atom stereocenters. The lowest BCUT2D eigenvalue weighted by Crippen LogP contribution is -2.24. The van der Waals surface area contributed by atoms with Crippen molar-refractivity contribution in [2.24, 2.45) is 7.05 Å². The lowest BCUT2D eigenvalue weighted by Gasteiger charge is -2.07. The van der Waals surface area contributed by atoms with Gasteiger partial charge in [0.05, 0.1) is 18.5 Å². The first-order valence-electron chi connectivity index (χ1n) is 5.68. The van der Waals surface area contributed by atoms with Crippen LogP contribution in [-0.4, -0.2) is 28.6 Å². The molecule has 0 aliphatic heterocycles. The molecule has 0 saturated heterocycles. The van der Waals surface area contributed by atoms with Gasteiger partial charge >= 0.3 is 0 Å². The van der Waals surface area contributed by atoms with Crippen LogP contribution in [0.25, 0.3) is 0 Å². The van der Waals surface area contributed by atoms with Gasteiger partial charge in [-0.25, -0.2) is 13.1 Å². The van der Waals surface area contributed by atoms with Gasteiger partial charge in [-0.1, -0.05) is 6.07 Å². The molecule has 0 aliphatic carbocycles. The number of rotatable bonds is 4. The summed E-state index contributed by atoms with van der Waals surface area (Å²) in [4.78, 5) is 1.51. The minimum absolute atomic E-state index is 0.0170. The van der Waals surface area contributed by atoms with E-state index in [1.807, 2.05) is 13.8 Å². The van der Waals surface area contributed by atoms with Crippen LogP contribution in [0, 0.1) is 13.8 Å². The van der Waals surface area contributed by atoms with Gasteiger partial charge in [0, 0.05) is 0 Å². The highest BCUT2D eigenvalue weighted by molar-refractivity contribution is 7.89. The van der Waals surface area contributed by atoms with Crippen LogP contribution in [0.4, 0.5) is 0 Å². The Kier molecular flexibility index (Phi) is 3.63. The van der Waals surface area contributed by atoms with Crippen molar-refractivity contribution in [1.29, 1.82) is 0 Å². The topological polar surface area (TPSA) is 89.8 Å². The fraction of sp³-hybridized carbons (Fsp3) is 0.364.